The van der Waals surface area contributed by atoms with Crippen molar-refractivity contribution >= 4 is 17.8 Å². The van der Waals surface area contributed by atoms with Gasteiger partial charge in [0.15, 0.2) is 0 Å². The Morgan fingerprint density at radius 1 is 1.56 bits per heavy atom. The zero-order chi connectivity index (χ0) is 13.4. The van der Waals surface area contributed by atoms with E-state index in [0.29, 0.717) is 12.4 Å². The first kappa shape index (κ1) is 14.0. The molecule has 0 unspecified atom stereocenters. The van der Waals surface area contributed by atoms with Crippen LogP contribution in [-0.4, -0.2) is 30.9 Å². The SMILES string of the molecule is CCCCOC1=NC(C)=NCC(=O)N/C=C(\N)N1. The number of carbonyl (C=O) groups is 1. The molecule has 0 aromatic heterocycles. The number of hydrogen-bond donors (Lipinski definition) is 3. The third kappa shape index (κ3) is 5.33. The quantitative estimate of drug-likeness (QED) is 0.619. The lowest BCUT2D eigenvalue weighted by Gasteiger charge is -2.12. The fourth-order valence-electron chi connectivity index (χ4n) is 1.14. The highest BCUT2D eigenvalue weighted by molar-refractivity contribution is 5.94. The third-order valence-electron chi connectivity index (χ3n) is 2.09. The summed E-state index contributed by atoms with van der Waals surface area (Å²) in [7, 11) is 0. The highest BCUT2D eigenvalue weighted by Gasteiger charge is 2.06. The predicted octanol–water partition coefficient (Wildman–Crippen LogP) is 0.0545. The lowest BCUT2D eigenvalue weighted by Crippen LogP contribution is -2.34. The average molecular weight is 253 g/mol. The van der Waals surface area contributed by atoms with Crippen molar-refractivity contribution in [3.05, 3.63) is 12.0 Å². The van der Waals surface area contributed by atoms with E-state index in [-0.39, 0.29) is 24.3 Å². The first-order chi connectivity index (χ1) is 8.61. The van der Waals surface area contributed by atoms with Crippen molar-refractivity contribution in [2.24, 2.45) is 15.7 Å². The van der Waals surface area contributed by atoms with Gasteiger partial charge >= 0.3 is 0 Å². The van der Waals surface area contributed by atoms with Gasteiger partial charge in [0.1, 0.15) is 18.2 Å². The van der Waals surface area contributed by atoms with Crippen LogP contribution in [0.25, 0.3) is 0 Å². The molecule has 7 heteroatoms. The Morgan fingerprint density at radius 3 is 3.06 bits per heavy atom. The van der Waals surface area contributed by atoms with Crippen LogP contribution >= 0.6 is 0 Å². The molecule has 0 saturated carbocycles. The van der Waals surface area contributed by atoms with E-state index in [0.717, 1.165) is 12.8 Å². The van der Waals surface area contributed by atoms with E-state index in [9.17, 15) is 4.79 Å². The van der Waals surface area contributed by atoms with Gasteiger partial charge in [-0.2, -0.15) is 4.99 Å². The molecule has 0 aromatic rings. The van der Waals surface area contributed by atoms with Gasteiger partial charge in [-0.25, -0.2) is 0 Å². The Morgan fingerprint density at radius 2 is 2.33 bits per heavy atom. The number of rotatable bonds is 3. The summed E-state index contributed by atoms with van der Waals surface area (Å²) in [6.45, 7) is 4.33. The van der Waals surface area contributed by atoms with E-state index < -0.39 is 0 Å². The smallest absolute Gasteiger partial charge is 0.296 e. The Bertz CT molecular complexity index is 387. The van der Waals surface area contributed by atoms with Gasteiger partial charge in [-0.3, -0.25) is 15.1 Å². The molecule has 0 bridgehead atoms. The number of ether oxygens (including phenoxy) is 1. The van der Waals surface area contributed by atoms with Crippen molar-refractivity contribution in [3.8, 4) is 0 Å². The molecule has 1 aliphatic heterocycles. The zero-order valence-corrected chi connectivity index (χ0v) is 10.7. The second-order valence-electron chi connectivity index (χ2n) is 3.77. The van der Waals surface area contributed by atoms with Gasteiger partial charge < -0.3 is 15.8 Å². The van der Waals surface area contributed by atoms with E-state index in [1.807, 2.05) is 0 Å². The molecule has 0 aliphatic carbocycles. The molecule has 1 heterocycles. The summed E-state index contributed by atoms with van der Waals surface area (Å²) in [6.07, 6.45) is 3.32. The summed E-state index contributed by atoms with van der Waals surface area (Å²) < 4.78 is 5.45. The fourth-order valence-corrected chi connectivity index (χ4v) is 1.14. The van der Waals surface area contributed by atoms with Gasteiger partial charge in [-0.15, -0.1) is 0 Å². The zero-order valence-electron chi connectivity index (χ0n) is 10.7. The van der Waals surface area contributed by atoms with E-state index in [1.54, 1.807) is 6.92 Å². The summed E-state index contributed by atoms with van der Waals surface area (Å²) in [5, 5.41) is 5.27. The second-order valence-corrected chi connectivity index (χ2v) is 3.77. The van der Waals surface area contributed by atoms with Crippen molar-refractivity contribution in [2.45, 2.75) is 26.7 Å². The summed E-state index contributed by atoms with van der Waals surface area (Å²) in [6, 6.07) is 0.287. The van der Waals surface area contributed by atoms with Crippen molar-refractivity contribution < 1.29 is 9.53 Å². The minimum Gasteiger partial charge on any atom is -0.465 e. The van der Waals surface area contributed by atoms with Crippen LogP contribution in [0.4, 0.5) is 0 Å². The van der Waals surface area contributed by atoms with Crippen LogP contribution in [0.2, 0.25) is 0 Å². The molecule has 1 amide bonds. The maximum absolute atomic E-state index is 11.3. The molecule has 4 N–H and O–H groups in total. The maximum Gasteiger partial charge on any atom is 0.296 e. The van der Waals surface area contributed by atoms with Crippen LogP contribution in [-0.2, 0) is 9.53 Å². The highest BCUT2D eigenvalue weighted by Crippen LogP contribution is 1.93. The number of unbranched alkanes of at least 4 members (excludes halogenated alkanes) is 1. The van der Waals surface area contributed by atoms with Crippen molar-refractivity contribution in [3.63, 3.8) is 0 Å². The van der Waals surface area contributed by atoms with Gasteiger partial charge in [0.25, 0.3) is 6.02 Å². The van der Waals surface area contributed by atoms with Gasteiger partial charge in [-0.1, -0.05) is 13.3 Å². The van der Waals surface area contributed by atoms with Crippen LogP contribution < -0.4 is 16.4 Å². The molecule has 18 heavy (non-hydrogen) atoms. The molecular weight excluding hydrogens is 234 g/mol. The normalized spacial score (nSPS) is 19.7. The summed E-state index contributed by atoms with van der Waals surface area (Å²) >= 11 is 0. The first-order valence-electron chi connectivity index (χ1n) is 5.86. The lowest BCUT2D eigenvalue weighted by molar-refractivity contribution is -0.118. The maximum atomic E-state index is 11.3. The van der Waals surface area contributed by atoms with Crippen molar-refractivity contribution in [1.29, 1.82) is 0 Å². The minimum atomic E-state index is -0.246. The number of amides is 1. The van der Waals surface area contributed by atoms with Crippen LogP contribution in [0.3, 0.4) is 0 Å². The average Bonchev–Trinajstić information content (AvgIpc) is 2.33. The third-order valence-corrected chi connectivity index (χ3v) is 2.09. The van der Waals surface area contributed by atoms with Crippen LogP contribution in [0.1, 0.15) is 26.7 Å². The molecule has 0 radical (unpaired) electrons. The number of nitrogens with two attached hydrogens (primary N) is 1. The van der Waals surface area contributed by atoms with Crippen LogP contribution in [0.15, 0.2) is 22.0 Å². The van der Waals surface area contributed by atoms with E-state index in [1.165, 1.54) is 6.20 Å². The van der Waals surface area contributed by atoms with Crippen molar-refractivity contribution in [1.82, 2.24) is 10.6 Å². The van der Waals surface area contributed by atoms with Crippen molar-refractivity contribution in [2.75, 3.05) is 13.2 Å². The largest absolute Gasteiger partial charge is 0.465 e. The Hall–Kier alpha value is -2.05. The first-order valence-corrected chi connectivity index (χ1v) is 5.86. The van der Waals surface area contributed by atoms with Crippen LogP contribution in [0.5, 0.6) is 0 Å². The summed E-state index contributed by atoms with van der Waals surface area (Å²) in [4.78, 5) is 19.4. The number of aliphatic imine (C=N–C) groups is 2. The predicted molar refractivity (Wildman–Crippen MR) is 69.8 cm³/mol. The number of nitrogens with zero attached hydrogens (tertiary/aromatic N) is 2. The number of nitrogens with one attached hydrogen (secondary N) is 2. The second kappa shape index (κ2) is 7.31. The topological polar surface area (TPSA) is 101 Å². The Kier molecular flexibility index (Phi) is 5.69. The molecule has 0 spiro atoms. The molecule has 0 saturated heterocycles. The van der Waals surface area contributed by atoms with Gasteiger partial charge in [0.05, 0.1) is 6.61 Å². The molecule has 0 aromatic carbocycles. The van der Waals surface area contributed by atoms with Crippen LogP contribution in [0, 0.1) is 0 Å². The van der Waals surface area contributed by atoms with Gasteiger partial charge in [-0.05, 0) is 13.3 Å². The highest BCUT2D eigenvalue weighted by atomic mass is 16.5. The Balaban J connectivity index is 2.77. The fraction of sp³-hybridized carbons (Fsp3) is 0.545. The number of hydrogen-bond acceptors (Lipinski definition) is 6. The molecule has 1 aliphatic rings. The number of carbonyl (C=O) groups excluding carboxylic acids is 1. The standard InChI is InChI=1S/C11H19N5O2/c1-3-4-5-18-11-15-8(2)13-7-10(17)14-6-9(12)16-11/h6H,3-5,7,12H2,1-2H3,(H,14,17)(H,13,15,16)/b9-6+. The summed E-state index contributed by atoms with van der Waals surface area (Å²) in [5.74, 6) is 0.469. The summed E-state index contributed by atoms with van der Waals surface area (Å²) in [5.41, 5.74) is 5.66. The monoisotopic (exact) mass is 253 g/mol. The van der Waals surface area contributed by atoms with Gasteiger partial charge in [0.2, 0.25) is 5.91 Å². The van der Waals surface area contributed by atoms with E-state index >= 15 is 0 Å². The number of amidine groups is 2. The molecule has 0 atom stereocenters. The molecule has 100 valence electrons. The molecule has 7 nitrogen and oxygen atoms in total. The van der Waals surface area contributed by atoms with E-state index in [4.69, 9.17) is 10.5 Å². The molecule has 0 fully saturated rings. The molecular formula is C11H19N5O2. The van der Waals surface area contributed by atoms with Gasteiger partial charge in [0, 0.05) is 6.20 Å². The molecule has 1 rings (SSSR count). The Labute approximate surface area is 106 Å². The van der Waals surface area contributed by atoms with E-state index in [2.05, 4.69) is 27.5 Å². The minimum absolute atomic E-state index is 0.0152. The lowest BCUT2D eigenvalue weighted by atomic mass is 10.4.